The predicted molar refractivity (Wildman–Crippen MR) is 158 cm³/mol. The van der Waals surface area contributed by atoms with Crippen molar-refractivity contribution in [3.63, 3.8) is 0 Å². The zero-order valence-corrected chi connectivity index (χ0v) is 23.8. The summed E-state index contributed by atoms with van der Waals surface area (Å²) in [6.45, 7) is 0.689. The van der Waals surface area contributed by atoms with Crippen LogP contribution in [0.4, 0.5) is 0 Å². The highest BCUT2D eigenvalue weighted by Gasteiger charge is 2.33. The molecule has 0 spiro atoms. The van der Waals surface area contributed by atoms with Gasteiger partial charge in [0.1, 0.15) is 0 Å². The van der Waals surface area contributed by atoms with E-state index in [1.165, 1.54) is 4.90 Å². The Morgan fingerprint density at radius 2 is 1.55 bits per heavy atom. The third kappa shape index (κ3) is 6.78. The quantitative estimate of drug-likeness (QED) is 0.205. The van der Waals surface area contributed by atoms with Crippen LogP contribution < -0.4 is 0 Å². The van der Waals surface area contributed by atoms with Crippen molar-refractivity contribution in [3.05, 3.63) is 105 Å². The van der Waals surface area contributed by atoms with Crippen LogP contribution in [0.3, 0.4) is 0 Å². The zero-order chi connectivity index (χ0) is 31.2. The van der Waals surface area contributed by atoms with Gasteiger partial charge in [0.15, 0.2) is 0 Å². The number of aryl methyl sites for hydroxylation is 1. The molecular formula is C33H32N2O9. The zero-order valence-electron chi connectivity index (χ0n) is 23.8. The molecule has 3 aromatic rings. The molecule has 11 heteroatoms. The fourth-order valence-electron chi connectivity index (χ4n) is 5.76. The third-order valence-corrected chi connectivity index (χ3v) is 7.88. The SMILES string of the molecule is O=C(O)c1cc(C(=O)O)c(C(=O)N(Cc2cccc(/C=N/OC3CCCCO3)c2)[C@H]2CCCc3ccccc32)cc1C(=O)O. The van der Waals surface area contributed by atoms with Gasteiger partial charge in [0, 0.05) is 13.0 Å². The van der Waals surface area contributed by atoms with E-state index in [4.69, 9.17) is 9.57 Å². The standard InChI is InChI=1S/C33H32N2O9/c36-30(24-16-26(32(39)40)27(33(41)42)17-25(24)31(37)38)35(28-12-6-10-22-9-1-2-11-23(22)28)19-21-8-5-7-20(15-21)18-34-44-29-13-3-4-14-43-29/h1-2,5,7-9,11,15-18,28-29H,3-4,6,10,12-14,19H2,(H,37,38)(H,39,40)(H,41,42)/b34-18+/t28-,29?/m0/s1. The number of benzene rings is 3. The van der Waals surface area contributed by atoms with Crippen LogP contribution >= 0.6 is 0 Å². The summed E-state index contributed by atoms with van der Waals surface area (Å²) in [6, 6.07) is 16.2. The molecule has 11 nitrogen and oxygen atoms in total. The van der Waals surface area contributed by atoms with E-state index in [1.807, 2.05) is 42.5 Å². The van der Waals surface area contributed by atoms with E-state index in [0.717, 1.165) is 60.9 Å². The van der Waals surface area contributed by atoms with Gasteiger partial charge in [-0.05, 0) is 72.6 Å². The minimum atomic E-state index is -1.61. The molecule has 1 unspecified atom stereocenters. The van der Waals surface area contributed by atoms with Crippen LogP contribution in [0.1, 0.15) is 102 Å². The molecule has 2 atom stereocenters. The lowest BCUT2D eigenvalue weighted by atomic mass is 9.86. The average molecular weight is 601 g/mol. The smallest absolute Gasteiger partial charge is 0.336 e. The Morgan fingerprint density at radius 1 is 0.841 bits per heavy atom. The number of carboxylic acids is 3. The summed E-state index contributed by atoms with van der Waals surface area (Å²) in [4.78, 5) is 57.3. The Hall–Kier alpha value is -5.03. The summed E-state index contributed by atoms with van der Waals surface area (Å²) in [6.07, 6.45) is 6.10. The van der Waals surface area contributed by atoms with Gasteiger partial charge in [0.05, 0.1) is 41.1 Å². The van der Waals surface area contributed by atoms with Crippen LogP contribution in [0.2, 0.25) is 0 Å². The molecule has 1 fully saturated rings. The van der Waals surface area contributed by atoms with Crippen molar-refractivity contribution in [1.82, 2.24) is 4.90 Å². The monoisotopic (exact) mass is 600 g/mol. The molecule has 3 aromatic carbocycles. The molecule has 2 aliphatic rings. The summed E-state index contributed by atoms with van der Waals surface area (Å²) in [5.41, 5.74) is 1.04. The molecule has 44 heavy (non-hydrogen) atoms. The number of aromatic carboxylic acids is 3. The van der Waals surface area contributed by atoms with Crippen LogP contribution in [-0.4, -0.2) is 63.1 Å². The molecule has 1 aliphatic carbocycles. The van der Waals surface area contributed by atoms with Crippen LogP contribution in [-0.2, 0) is 22.5 Å². The Balaban J connectivity index is 1.53. The summed E-state index contributed by atoms with van der Waals surface area (Å²) < 4.78 is 5.54. The van der Waals surface area contributed by atoms with Gasteiger partial charge in [-0.25, -0.2) is 14.4 Å². The Bertz CT molecular complexity index is 1610. The van der Waals surface area contributed by atoms with Crippen LogP contribution in [0.5, 0.6) is 0 Å². The largest absolute Gasteiger partial charge is 0.478 e. The van der Waals surface area contributed by atoms with E-state index < -0.39 is 58.4 Å². The van der Waals surface area contributed by atoms with Gasteiger partial charge in [0.2, 0.25) is 6.29 Å². The number of hydrogen-bond donors (Lipinski definition) is 3. The number of rotatable bonds is 10. The van der Waals surface area contributed by atoms with E-state index in [2.05, 4.69) is 5.16 Å². The van der Waals surface area contributed by atoms with Gasteiger partial charge in [-0.2, -0.15) is 0 Å². The maximum atomic E-state index is 14.3. The number of carbonyl (C=O) groups is 4. The molecular weight excluding hydrogens is 568 g/mol. The number of hydrogen-bond acceptors (Lipinski definition) is 7. The molecule has 1 amide bonds. The molecule has 0 saturated carbocycles. The number of oxime groups is 1. The predicted octanol–water partition coefficient (Wildman–Crippen LogP) is 5.38. The lowest BCUT2D eigenvalue weighted by Gasteiger charge is -2.36. The van der Waals surface area contributed by atoms with Crippen molar-refractivity contribution in [2.45, 2.75) is 57.4 Å². The van der Waals surface area contributed by atoms with Crippen LogP contribution in [0.15, 0.2) is 65.8 Å². The first-order chi connectivity index (χ1) is 21.2. The van der Waals surface area contributed by atoms with E-state index in [-0.39, 0.29) is 6.54 Å². The van der Waals surface area contributed by atoms with E-state index in [1.54, 1.807) is 12.3 Å². The summed E-state index contributed by atoms with van der Waals surface area (Å²) in [5.74, 6) is -5.47. The second kappa shape index (κ2) is 13.5. The highest BCUT2D eigenvalue weighted by Crippen LogP contribution is 2.37. The van der Waals surface area contributed by atoms with Gasteiger partial charge in [0.25, 0.3) is 5.91 Å². The maximum Gasteiger partial charge on any atom is 0.336 e. The number of ether oxygens (including phenoxy) is 1. The number of fused-ring (bicyclic) bond motifs is 1. The number of amides is 1. The van der Waals surface area contributed by atoms with Gasteiger partial charge < -0.3 is 29.8 Å². The van der Waals surface area contributed by atoms with Gasteiger partial charge in [-0.15, -0.1) is 0 Å². The maximum absolute atomic E-state index is 14.3. The number of nitrogens with zero attached hydrogens (tertiary/aromatic N) is 2. The van der Waals surface area contributed by atoms with E-state index in [9.17, 15) is 34.5 Å². The molecule has 3 N–H and O–H groups in total. The first-order valence-corrected chi connectivity index (χ1v) is 14.4. The van der Waals surface area contributed by atoms with Crippen molar-refractivity contribution in [3.8, 4) is 0 Å². The second-order valence-corrected chi connectivity index (χ2v) is 10.8. The summed E-state index contributed by atoms with van der Waals surface area (Å²) in [5, 5.41) is 33.3. The lowest BCUT2D eigenvalue weighted by molar-refractivity contribution is -0.161. The van der Waals surface area contributed by atoms with Crippen molar-refractivity contribution in [1.29, 1.82) is 0 Å². The molecule has 0 bridgehead atoms. The number of carboxylic acid groups (broad SMARTS) is 3. The normalized spacial score (nSPS) is 17.9. The summed E-state index contributed by atoms with van der Waals surface area (Å²) in [7, 11) is 0. The molecule has 1 heterocycles. The minimum absolute atomic E-state index is 0.0637. The number of carbonyl (C=O) groups excluding carboxylic acids is 1. The summed E-state index contributed by atoms with van der Waals surface area (Å²) >= 11 is 0. The van der Waals surface area contributed by atoms with Crippen molar-refractivity contribution in [2.24, 2.45) is 5.16 Å². The average Bonchev–Trinajstić information content (AvgIpc) is 3.03. The Kier molecular flexibility index (Phi) is 9.35. The third-order valence-electron chi connectivity index (χ3n) is 7.88. The fraction of sp³-hybridized carbons (Fsp3) is 0.303. The molecule has 0 radical (unpaired) electrons. The van der Waals surface area contributed by atoms with Crippen molar-refractivity contribution >= 4 is 30.0 Å². The Morgan fingerprint density at radius 3 is 2.25 bits per heavy atom. The lowest BCUT2D eigenvalue weighted by Crippen LogP contribution is -2.37. The Labute approximate surface area is 253 Å². The molecule has 1 aliphatic heterocycles. The van der Waals surface area contributed by atoms with Crippen molar-refractivity contribution < 1.29 is 44.1 Å². The first kappa shape index (κ1) is 30.4. The highest BCUT2D eigenvalue weighted by atomic mass is 16.8. The van der Waals surface area contributed by atoms with Crippen molar-refractivity contribution in [2.75, 3.05) is 6.61 Å². The molecule has 5 rings (SSSR count). The fourth-order valence-corrected chi connectivity index (χ4v) is 5.76. The second-order valence-electron chi connectivity index (χ2n) is 10.8. The molecule has 0 aromatic heterocycles. The van der Waals surface area contributed by atoms with Crippen LogP contribution in [0, 0.1) is 0 Å². The topological polar surface area (TPSA) is 163 Å². The van der Waals surface area contributed by atoms with Crippen LogP contribution in [0.25, 0.3) is 0 Å². The minimum Gasteiger partial charge on any atom is -0.478 e. The molecule has 1 saturated heterocycles. The van der Waals surface area contributed by atoms with E-state index >= 15 is 0 Å². The van der Waals surface area contributed by atoms with E-state index in [0.29, 0.717) is 18.6 Å². The molecule has 228 valence electrons. The van der Waals surface area contributed by atoms with Gasteiger partial charge in [-0.3, -0.25) is 4.79 Å². The first-order valence-electron chi connectivity index (χ1n) is 14.4. The highest BCUT2D eigenvalue weighted by molar-refractivity contribution is 6.10. The van der Waals surface area contributed by atoms with Gasteiger partial charge in [-0.1, -0.05) is 47.6 Å². The van der Waals surface area contributed by atoms with Gasteiger partial charge >= 0.3 is 17.9 Å².